The number of carbonyl (C=O) groups excluding carboxylic acids is 1. The number of aromatic nitrogens is 4. The fourth-order valence-corrected chi connectivity index (χ4v) is 5.36. The Morgan fingerprint density at radius 2 is 1.75 bits per heavy atom. The maximum Gasteiger partial charge on any atom is 0.528 e. The quantitative estimate of drug-likeness (QED) is 0.279. The van der Waals surface area contributed by atoms with Crippen LogP contribution in [0.4, 0.5) is 4.79 Å². The van der Waals surface area contributed by atoms with E-state index in [4.69, 9.17) is 32.8 Å². The molecule has 0 spiro atoms. The molecule has 36 heavy (non-hydrogen) atoms. The van der Waals surface area contributed by atoms with Crippen LogP contribution in [0.1, 0.15) is 81.2 Å². The van der Waals surface area contributed by atoms with Gasteiger partial charge in [-0.05, 0) is 82.3 Å². The lowest BCUT2D eigenvalue weighted by Gasteiger charge is -2.28. The summed E-state index contributed by atoms with van der Waals surface area (Å²) in [6.45, 7) is 6.02. The molecule has 0 atom stereocenters. The molecule has 3 heterocycles. The van der Waals surface area contributed by atoms with Gasteiger partial charge in [-0.25, -0.2) is 9.78 Å². The van der Waals surface area contributed by atoms with Crippen molar-refractivity contribution in [3.63, 3.8) is 0 Å². The van der Waals surface area contributed by atoms with Crippen molar-refractivity contribution < 1.29 is 14.4 Å². The van der Waals surface area contributed by atoms with Gasteiger partial charge in [0.25, 0.3) is 0 Å². The third-order valence-corrected chi connectivity index (χ3v) is 6.99. The first-order chi connectivity index (χ1) is 17.2. The third kappa shape index (κ3) is 5.51. The molecular weight excluding hydrogens is 501 g/mol. The normalized spacial score (nSPS) is 20.2. The largest absolute Gasteiger partial charge is 0.528 e. The number of hydroxylamine groups is 2. The summed E-state index contributed by atoms with van der Waals surface area (Å²) in [6.07, 6.45) is 3.19. The van der Waals surface area contributed by atoms with Crippen molar-refractivity contribution in [3.8, 4) is 5.69 Å². The molecule has 8 nitrogen and oxygen atoms in total. The van der Waals surface area contributed by atoms with Gasteiger partial charge in [-0.2, -0.15) is 0 Å². The average Bonchev–Trinajstić information content (AvgIpc) is 3.14. The van der Waals surface area contributed by atoms with Gasteiger partial charge in [0.15, 0.2) is 5.82 Å². The SMILES string of the molecule is CC(C)(C)OC(=O)ON1Cc2cc(Cl)ccc2-n2c(nnc2[C@H]2CC[C@H](c3cccc(Cl)n3)CC2)C1. The Balaban J connectivity index is 1.40. The molecule has 1 aliphatic carbocycles. The summed E-state index contributed by atoms with van der Waals surface area (Å²) in [6, 6.07) is 11.6. The fourth-order valence-electron chi connectivity index (χ4n) is 5.00. The Morgan fingerprint density at radius 1 is 1.00 bits per heavy atom. The number of fused-ring (bicyclic) bond motifs is 3. The predicted molar refractivity (Wildman–Crippen MR) is 136 cm³/mol. The molecule has 0 bridgehead atoms. The Hall–Kier alpha value is -2.68. The van der Waals surface area contributed by atoms with E-state index in [1.54, 1.807) is 25.8 Å². The van der Waals surface area contributed by atoms with Gasteiger partial charge in [0, 0.05) is 22.6 Å². The lowest BCUT2D eigenvalue weighted by molar-refractivity contribution is -0.155. The van der Waals surface area contributed by atoms with Crippen molar-refractivity contribution in [2.75, 3.05) is 0 Å². The zero-order chi connectivity index (χ0) is 25.4. The van der Waals surface area contributed by atoms with Crippen LogP contribution in [0.25, 0.3) is 5.69 Å². The van der Waals surface area contributed by atoms with Crippen molar-refractivity contribution >= 4 is 29.4 Å². The first kappa shape index (κ1) is 25.0. The number of halogens is 2. The monoisotopic (exact) mass is 529 g/mol. The summed E-state index contributed by atoms with van der Waals surface area (Å²) in [4.78, 5) is 22.5. The second kappa shape index (κ2) is 10.00. The highest BCUT2D eigenvalue weighted by molar-refractivity contribution is 6.30. The summed E-state index contributed by atoms with van der Waals surface area (Å²) < 4.78 is 7.45. The molecule has 0 unspecified atom stereocenters. The van der Waals surface area contributed by atoms with Crippen molar-refractivity contribution in [1.29, 1.82) is 0 Å². The zero-order valence-corrected chi connectivity index (χ0v) is 22.1. The molecule has 190 valence electrons. The number of benzene rings is 1. The van der Waals surface area contributed by atoms with Crippen LogP contribution in [0.2, 0.25) is 10.2 Å². The molecule has 1 aromatic carbocycles. The van der Waals surface area contributed by atoms with E-state index in [1.807, 2.05) is 30.3 Å². The fraction of sp³-hybridized carbons (Fsp3) is 0.462. The van der Waals surface area contributed by atoms with Gasteiger partial charge in [0.1, 0.15) is 16.6 Å². The van der Waals surface area contributed by atoms with Gasteiger partial charge in [-0.1, -0.05) is 29.3 Å². The lowest BCUT2D eigenvalue weighted by atomic mass is 9.80. The Morgan fingerprint density at radius 3 is 2.47 bits per heavy atom. The van der Waals surface area contributed by atoms with E-state index < -0.39 is 11.8 Å². The molecule has 2 aliphatic rings. The highest BCUT2D eigenvalue weighted by Crippen LogP contribution is 2.41. The summed E-state index contributed by atoms with van der Waals surface area (Å²) in [5.74, 6) is 2.26. The van der Waals surface area contributed by atoms with E-state index in [1.165, 1.54) is 0 Å². The Kier molecular flexibility index (Phi) is 6.94. The zero-order valence-electron chi connectivity index (χ0n) is 20.6. The van der Waals surface area contributed by atoms with Crippen molar-refractivity contribution in [3.05, 3.63) is 69.5 Å². The molecule has 1 saturated carbocycles. The van der Waals surface area contributed by atoms with E-state index in [2.05, 4.69) is 25.8 Å². The van der Waals surface area contributed by atoms with Crippen molar-refractivity contribution in [1.82, 2.24) is 24.8 Å². The number of hydrogen-bond acceptors (Lipinski definition) is 7. The minimum atomic E-state index is -0.757. The van der Waals surface area contributed by atoms with Crippen molar-refractivity contribution in [2.24, 2.45) is 0 Å². The van der Waals surface area contributed by atoms with Gasteiger partial charge in [-0.3, -0.25) is 4.57 Å². The second-order valence-electron chi connectivity index (χ2n) is 10.4. The predicted octanol–water partition coefficient (Wildman–Crippen LogP) is 6.59. The van der Waals surface area contributed by atoms with Crippen LogP contribution in [0.15, 0.2) is 36.4 Å². The molecule has 10 heteroatoms. The number of hydrogen-bond donors (Lipinski definition) is 0. The molecular formula is C26H29Cl2N5O3. The number of nitrogens with zero attached hydrogens (tertiary/aromatic N) is 5. The van der Waals surface area contributed by atoms with Gasteiger partial charge in [0.2, 0.25) is 0 Å². The minimum absolute atomic E-state index is 0.253. The second-order valence-corrected chi connectivity index (χ2v) is 11.2. The van der Waals surface area contributed by atoms with Crippen LogP contribution in [-0.2, 0) is 22.7 Å². The number of carbonyl (C=O) groups is 1. The molecule has 0 saturated heterocycles. The number of ether oxygens (including phenoxy) is 1. The first-order valence-corrected chi connectivity index (χ1v) is 12.9. The molecule has 0 N–H and O–H groups in total. The Labute approximate surface area is 220 Å². The van der Waals surface area contributed by atoms with E-state index in [0.29, 0.717) is 28.5 Å². The smallest absolute Gasteiger partial charge is 0.427 e. The van der Waals surface area contributed by atoms with Crippen LogP contribution < -0.4 is 0 Å². The van der Waals surface area contributed by atoms with E-state index in [-0.39, 0.29) is 12.5 Å². The summed E-state index contributed by atoms with van der Waals surface area (Å²) in [5.41, 5.74) is 2.26. The summed E-state index contributed by atoms with van der Waals surface area (Å²) >= 11 is 12.5. The van der Waals surface area contributed by atoms with Gasteiger partial charge in [0.05, 0.1) is 18.8 Å². The molecule has 2 aromatic heterocycles. The lowest BCUT2D eigenvalue weighted by Crippen LogP contribution is -2.31. The van der Waals surface area contributed by atoms with Gasteiger partial charge in [-0.15, -0.1) is 15.3 Å². The van der Waals surface area contributed by atoms with Gasteiger partial charge < -0.3 is 9.57 Å². The van der Waals surface area contributed by atoms with Crippen LogP contribution in [0.3, 0.4) is 0 Å². The Bertz CT molecular complexity index is 1260. The summed E-state index contributed by atoms with van der Waals surface area (Å²) in [5, 5.41) is 11.8. The molecule has 5 rings (SSSR count). The highest BCUT2D eigenvalue weighted by atomic mass is 35.5. The standard InChI is InChI=1S/C26H29Cl2N5O3/c1-26(2,3)35-25(34)36-32-14-18-13-19(27)11-12-21(18)33-23(15-32)30-31-24(33)17-9-7-16(8-10-17)20-5-4-6-22(28)29-20/h4-6,11-13,16-17H,7-10,14-15H2,1-3H3/t16-,17-. The van der Waals surface area contributed by atoms with E-state index in [9.17, 15) is 4.79 Å². The maximum absolute atomic E-state index is 12.4. The molecule has 1 aliphatic heterocycles. The van der Waals surface area contributed by atoms with Gasteiger partial charge >= 0.3 is 6.16 Å². The van der Waals surface area contributed by atoms with Crippen LogP contribution in [0, 0.1) is 0 Å². The molecule has 1 fully saturated rings. The topological polar surface area (TPSA) is 82.4 Å². The van der Waals surface area contributed by atoms with E-state index in [0.717, 1.165) is 48.5 Å². The average molecular weight is 530 g/mol. The van der Waals surface area contributed by atoms with Crippen LogP contribution in [-0.4, -0.2) is 36.6 Å². The molecule has 3 aromatic rings. The highest BCUT2D eigenvalue weighted by Gasteiger charge is 2.32. The minimum Gasteiger partial charge on any atom is -0.427 e. The number of pyridine rings is 1. The third-order valence-electron chi connectivity index (χ3n) is 6.54. The maximum atomic E-state index is 12.4. The molecule has 0 amide bonds. The van der Waals surface area contributed by atoms with Crippen LogP contribution >= 0.6 is 23.2 Å². The number of rotatable bonds is 3. The summed E-state index contributed by atoms with van der Waals surface area (Å²) in [7, 11) is 0. The van der Waals surface area contributed by atoms with Crippen LogP contribution in [0.5, 0.6) is 0 Å². The van der Waals surface area contributed by atoms with E-state index >= 15 is 0 Å². The van der Waals surface area contributed by atoms with Crippen molar-refractivity contribution in [2.45, 2.75) is 77.0 Å². The molecule has 0 radical (unpaired) electrons. The first-order valence-electron chi connectivity index (χ1n) is 12.2.